The molecule has 3 heterocycles. The molecule has 0 bridgehead atoms. The van der Waals surface area contributed by atoms with E-state index in [4.69, 9.17) is 0 Å². The van der Waals surface area contributed by atoms with E-state index in [2.05, 4.69) is 4.98 Å². The number of thiazole rings is 1. The van der Waals surface area contributed by atoms with Gasteiger partial charge in [0.05, 0.1) is 9.46 Å². The van der Waals surface area contributed by atoms with Crippen molar-refractivity contribution in [1.29, 1.82) is 0 Å². The Kier molecular flexibility index (Phi) is 3.56. The zero-order valence-electron chi connectivity index (χ0n) is 14.1. The lowest BCUT2D eigenvalue weighted by atomic mass is 10.2. The average molecular weight is 385 g/mol. The van der Waals surface area contributed by atoms with E-state index < -0.39 is 21.7 Å². The van der Waals surface area contributed by atoms with Crippen LogP contribution in [0, 0.1) is 10.1 Å². The first-order chi connectivity index (χ1) is 12.8. The molecule has 0 saturated heterocycles. The summed E-state index contributed by atoms with van der Waals surface area (Å²) < 4.78 is 3.57. The summed E-state index contributed by atoms with van der Waals surface area (Å²) in [5, 5.41) is 10.9. The fourth-order valence-corrected chi connectivity index (χ4v) is 3.82. The summed E-state index contributed by atoms with van der Waals surface area (Å²) >= 11 is 1.04. The van der Waals surface area contributed by atoms with Gasteiger partial charge in [-0.25, -0.2) is 9.20 Å². The van der Waals surface area contributed by atoms with Crippen LogP contribution in [0.5, 0.6) is 0 Å². The van der Waals surface area contributed by atoms with Gasteiger partial charge in [0.25, 0.3) is 16.8 Å². The van der Waals surface area contributed by atoms with Gasteiger partial charge in [0.2, 0.25) is 0 Å². The summed E-state index contributed by atoms with van der Waals surface area (Å²) in [5.74, 6) is 0. The molecule has 0 radical (unpaired) electrons. The summed E-state index contributed by atoms with van der Waals surface area (Å²) in [6.07, 6.45) is 1.51. The Balaban J connectivity index is 2.06. The van der Waals surface area contributed by atoms with Crippen LogP contribution in [0.25, 0.3) is 22.2 Å². The molecule has 0 atom stereocenters. The van der Waals surface area contributed by atoms with Crippen LogP contribution in [0.4, 0.5) is 5.69 Å². The summed E-state index contributed by atoms with van der Waals surface area (Å²) in [4.78, 5) is 52.2. The number of nitro groups is 1. The van der Waals surface area contributed by atoms with Crippen molar-refractivity contribution in [3.63, 3.8) is 0 Å². The number of hydrogen-bond donors (Lipinski definition) is 0. The predicted octanol–water partition coefficient (Wildman–Crippen LogP) is -0.238. The molecule has 4 aromatic rings. The monoisotopic (exact) mass is 385 g/mol. The summed E-state index contributed by atoms with van der Waals surface area (Å²) in [6, 6.07) is 5.86. The zero-order valence-corrected chi connectivity index (χ0v) is 14.9. The Hall–Kier alpha value is -3.60. The smallest absolute Gasteiger partial charge is 0.279 e. The normalized spacial score (nSPS) is 12.3. The van der Waals surface area contributed by atoms with E-state index in [1.165, 1.54) is 47.3 Å². The first kappa shape index (κ1) is 16.8. The molecular formula is C16H11N5O5S. The third-order valence-electron chi connectivity index (χ3n) is 4.22. The number of benzene rings is 1. The Labute approximate surface area is 153 Å². The number of nitro benzene ring substituents is 1. The molecule has 0 aliphatic rings. The van der Waals surface area contributed by atoms with Gasteiger partial charge in [-0.1, -0.05) is 23.5 Å². The Morgan fingerprint density at radius 1 is 1.15 bits per heavy atom. The van der Waals surface area contributed by atoms with Gasteiger partial charge in [-0.05, 0) is 11.6 Å². The first-order valence-corrected chi connectivity index (χ1v) is 8.48. The number of rotatable bonds is 2. The Bertz CT molecular complexity index is 1490. The quantitative estimate of drug-likeness (QED) is 0.347. The van der Waals surface area contributed by atoms with Gasteiger partial charge in [0.15, 0.2) is 16.1 Å². The SMILES string of the molecule is Cn1c(=O)c2c(nc3sc(=Cc4cccc([N+](=O)[O-])c4)c(=O)n32)n(C)c1=O. The van der Waals surface area contributed by atoms with Gasteiger partial charge >= 0.3 is 5.69 Å². The third kappa shape index (κ3) is 2.39. The lowest BCUT2D eigenvalue weighted by molar-refractivity contribution is -0.384. The van der Waals surface area contributed by atoms with Crippen molar-refractivity contribution >= 4 is 39.2 Å². The minimum absolute atomic E-state index is 0.0227. The standard InChI is InChI=1S/C16H11N5O5S/c1-18-12-11(14(23)19(2)16(18)24)20-13(22)10(27-15(20)17-12)7-8-4-3-5-9(6-8)21(25)26/h3-7H,1-2H3. The third-order valence-corrected chi connectivity index (χ3v) is 5.19. The number of nitrogens with zero attached hydrogens (tertiary/aromatic N) is 5. The van der Waals surface area contributed by atoms with E-state index in [-0.39, 0.29) is 26.3 Å². The van der Waals surface area contributed by atoms with Gasteiger partial charge in [-0.3, -0.25) is 28.8 Å². The zero-order chi connectivity index (χ0) is 19.5. The molecule has 27 heavy (non-hydrogen) atoms. The number of aromatic nitrogens is 4. The number of imidazole rings is 1. The number of aryl methyl sites for hydroxylation is 1. The first-order valence-electron chi connectivity index (χ1n) is 7.66. The van der Waals surface area contributed by atoms with E-state index in [1.807, 2.05) is 0 Å². The van der Waals surface area contributed by atoms with E-state index in [1.54, 1.807) is 6.07 Å². The van der Waals surface area contributed by atoms with Crippen LogP contribution < -0.4 is 21.3 Å². The molecule has 11 heteroatoms. The lowest BCUT2D eigenvalue weighted by Gasteiger charge is -2.01. The van der Waals surface area contributed by atoms with Crippen LogP contribution >= 0.6 is 11.3 Å². The second-order valence-corrected chi connectivity index (χ2v) is 6.88. The van der Waals surface area contributed by atoms with Crippen molar-refractivity contribution in [3.8, 4) is 0 Å². The van der Waals surface area contributed by atoms with Crippen LogP contribution in [0.2, 0.25) is 0 Å². The molecule has 0 saturated carbocycles. The molecule has 4 rings (SSSR count). The Morgan fingerprint density at radius 2 is 1.89 bits per heavy atom. The van der Waals surface area contributed by atoms with Crippen LogP contribution in [0.3, 0.4) is 0 Å². The molecule has 0 aliphatic heterocycles. The fourth-order valence-electron chi connectivity index (χ4n) is 2.86. The number of fused-ring (bicyclic) bond motifs is 3. The van der Waals surface area contributed by atoms with Crippen molar-refractivity contribution < 1.29 is 4.92 Å². The molecule has 0 unspecified atom stereocenters. The number of hydrogen-bond acceptors (Lipinski definition) is 7. The summed E-state index contributed by atoms with van der Waals surface area (Å²) in [7, 11) is 2.80. The molecule has 10 nitrogen and oxygen atoms in total. The highest BCUT2D eigenvalue weighted by molar-refractivity contribution is 7.15. The fraction of sp³-hybridized carbons (Fsp3) is 0.125. The highest BCUT2D eigenvalue weighted by Gasteiger charge is 2.18. The van der Waals surface area contributed by atoms with Gasteiger partial charge < -0.3 is 0 Å². The second-order valence-electron chi connectivity index (χ2n) is 5.88. The summed E-state index contributed by atoms with van der Waals surface area (Å²) in [5.41, 5.74) is -1.07. The average Bonchev–Trinajstić information content (AvgIpc) is 3.16. The van der Waals surface area contributed by atoms with E-state index in [0.717, 1.165) is 15.9 Å². The van der Waals surface area contributed by atoms with Crippen LogP contribution in [-0.2, 0) is 14.1 Å². The molecule has 3 aromatic heterocycles. The second kappa shape index (κ2) is 5.71. The van der Waals surface area contributed by atoms with Gasteiger partial charge in [0.1, 0.15) is 0 Å². The Morgan fingerprint density at radius 3 is 2.59 bits per heavy atom. The summed E-state index contributed by atoms with van der Waals surface area (Å²) in [6.45, 7) is 0. The lowest BCUT2D eigenvalue weighted by Crippen LogP contribution is -2.38. The van der Waals surface area contributed by atoms with E-state index >= 15 is 0 Å². The minimum atomic E-state index is -0.614. The maximum absolute atomic E-state index is 12.8. The topological polar surface area (TPSA) is 122 Å². The largest absolute Gasteiger partial charge is 0.332 e. The maximum Gasteiger partial charge on any atom is 0.332 e. The van der Waals surface area contributed by atoms with Gasteiger partial charge in [0, 0.05) is 26.2 Å². The van der Waals surface area contributed by atoms with Crippen molar-refractivity contribution in [2.24, 2.45) is 14.1 Å². The van der Waals surface area contributed by atoms with Crippen molar-refractivity contribution in [3.05, 3.63) is 75.7 Å². The van der Waals surface area contributed by atoms with Crippen LogP contribution in [0.15, 0.2) is 38.6 Å². The predicted molar refractivity (Wildman–Crippen MR) is 99.2 cm³/mol. The van der Waals surface area contributed by atoms with Crippen molar-refractivity contribution in [1.82, 2.24) is 18.5 Å². The molecule has 0 spiro atoms. The highest BCUT2D eigenvalue weighted by Crippen LogP contribution is 2.14. The highest BCUT2D eigenvalue weighted by atomic mass is 32.1. The van der Waals surface area contributed by atoms with Crippen LogP contribution in [-0.4, -0.2) is 23.4 Å². The number of non-ortho nitro benzene ring substituents is 1. The molecule has 0 amide bonds. The molecule has 136 valence electrons. The van der Waals surface area contributed by atoms with E-state index in [9.17, 15) is 24.5 Å². The molecule has 1 aromatic carbocycles. The maximum atomic E-state index is 12.8. The minimum Gasteiger partial charge on any atom is -0.279 e. The molecule has 0 N–H and O–H groups in total. The van der Waals surface area contributed by atoms with Crippen molar-refractivity contribution in [2.75, 3.05) is 0 Å². The molecule has 0 fully saturated rings. The van der Waals surface area contributed by atoms with Crippen molar-refractivity contribution in [2.45, 2.75) is 0 Å². The molecular weight excluding hydrogens is 374 g/mol. The molecule has 0 aliphatic carbocycles. The van der Waals surface area contributed by atoms with E-state index in [0.29, 0.717) is 5.56 Å². The van der Waals surface area contributed by atoms with Gasteiger partial charge in [-0.15, -0.1) is 0 Å². The van der Waals surface area contributed by atoms with Gasteiger partial charge in [-0.2, -0.15) is 4.98 Å². The van der Waals surface area contributed by atoms with Crippen LogP contribution in [0.1, 0.15) is 5.56 Å².